The van der Waals surface area contributed by atoms with Gasteiger partial charge in [0, 0.05) is 62.2 Å². The Labute approximate surface area is 235 Å². The van der Waals surface area contributed by atoms with E-state index in [2.05, 4.69) is 96.3 Å². The summed E-state index contributed by atoms with van der Waals surface area (Å²) in [6, 6.07) is 33.9. The molecule has 0 radical (unpaired) electrons. The van der Waals surface area contributed by atoms with Gasteiger partial charge >= 0.3 is 0 Å². The quantitative estimate of drug-likeness (QED) is 0.155. The third-order valence-corrected chi connectivity index (χ3v) is 7.28. The summed E-state index contributed by atoms with van der Waals surface area (Å²) in [6.45, 7) is 0. The van der Waals surface area contributed by atoms with E-state index in [0.29, 0.717) is 0 Å². The van der Waals surface area contributed by atoms with Gasteiger partial charge < -0.3 is 5.32 Å². The second-order valence-corrected chi connectivity index (χ2v) is 8.48. The van der Waals surface area contributed by atoms with Crippen molar-refractivity contribution in [2.24, 2.45) is 0 Å². The van der Waals surface area contributed by atoms with Gasteiger partial charge in [0.2, 0.25) is 0 Å². The molecule has 0 atom stereocenters. The van der Waals surface area contributed by atoms with Gasteiger partial charge in [-0.2, -0.15) is 0 Å². The van der Waals surface area contributed by atoms with Crippen molar-refractivity contribution >= 4 is 27.2 Å². The molecule has 0 bridgehead atoms. The predicted octanol–water partition coefficient (Wildman–Crippen LogP) is 7.23. The van der Waals surface area contributed by atoms with E-state index in [0.717, 1.165) is 12.1 Å². The Hall–Kier alpha value is -1.48. The van der Waals surface area contributed by atoms with E-state index in [9.17, 15) is 0 Å². The van der Waals surface area contributed by atoms with Crippen LogP contribution in [0.15, 0.2) is 91.0 Å². The zero-order valence-corrected chi connectivity index (χ0v) is 26.1. The zero-order chi connectivity index (χ0) is 19.9. The maximum Gasteiger partial charge on any atom is 0.0719 e. The normalized spacial score (nSPS) is 14.0. The SMILES string of the molecule is C[N-]c1cccc2c1Cc1ccccc1C21c2cccc3ccc4cccc1c4c23.[U].[U]. The molecular weight excluding hydrogens is 838 g/mol. The van der Waals surface area contributed by atoms with Crippen LogP contribution in [0.2, 0.25) is 0 Å². The van der Waals surface area contributed by atoms with Crippen molar-refractivity contribution in [2.45, 2.75) is 11.8 Å². The van der Waals surface area contributed by atoms with Crippen LogP contribution in [0.5, 0.6) is 0 Å². The molecule has 0 saturated carbocycles. The van der Waals surface area contributed by atoms with Gasteiger partial charge in [-0.3, -0.25) is 0 Å². The van der Waals surface area contributed by atoms with Crippen LogP contribution in [-0.4, -0.2) is 7.05 Å². The predicted molar refractivity (Wildman–Crippen MR) is 125 cm³/mol. The molecule has 2 aliphatic rings. The van der Waals surface area contributed by atoms with Crippen LogP contribution in [0, 0.1) is 62.2 Å². The molecule has 7 rings (SSSR count). The van der Waals surface area contributed by atoms with E-state index in [1.165, 1.54) is 54.9 Å². The number of benzene rings is 5. The van der Waals surface area contributed by atoms with Crippen molar-refractivity contribution in [3.63, 3.8) is 0 Å². The van der Waals surface area contributed by atoms with Gasteiger partial charge in [0.05, 0.1) is 5.41 Å². The van der Waals surface area contributed by atoms with E-state index in [1.807, 2.05) is 7.05 Å². The standard InChI is InChI=1S/C29H20N.2U/c1-30-26-14-6-11-23-21(26)17-20-7-2-3-10-22(20)29(23)24-12-4-8-18-15-16-19-9-5-13-25(29)28(19)27(18)24;;/h2-16H,17H2,1H3;;/q-1;;. The van der Waals surface area contributed by atoms with Gasteiger partial charge in [-0.15, -0.1) is 12.7 Å². The number of rotatable bonds is 1. The molecule has 0 aliphatic heterocycles. The molecule has 0 saturated heterocycles. The largest absolute Gasteiger partial charge is 0.687 e. The summed E-state index contributed by atoms with van der Waals surface area (Å²) < 4.78 is 0. The molecule has 0 aromatic heterocycles. The molecule has 0 N–H and O–H groups in total. The maximum absolute atomic E-state index is 4.66. The van der Waals surface area contributed by atoms with Gasteiger partial charge in [-0.25, -0.2) is 0 Å². The number of hydrogen-bond donors (Lipinski definition) is 0. The molecule has 5 aromatic rings. The third kappa shape index (κ3) is 2.64. The summed E-state index contributed by atoms with van der Waals surface area (Å²) in [7, 11) is 1.91. The Balaban J connectivity index is 0.00000108. The molecule has 0 amide bonds. The summed E-state index contributed by atoms with van der Waals surface area (Å²) in [5, 5.41) is 10.1. The van der Waals surface area contributed by atoms with Crippen molar-refractivity contribution in [1.82, 2.24) is 0 Å². The fourth-order valence-corrected chi connectivity index (χ4v) is 6.20. The zero-order valence-electron chi connectivity index (χ0n) is 17.8. The molecule has 5 aromatic carbocycles. The van der Waals surface area contributed by atoms with E-state index in [-0.39, 0.29) is 67.6 Å². The van der Waals surface area contributed by atoms with Crippen LogP contribution in [-0.2, 0) is 11.8 Å². The van der Waals surface area contributed by atoms with E-state index < -0.39 is 0 Å². The van der Waals surface area contributed by atoms with Gasteiger partial charge in [0.1, 0.15) is 0 Å². The Morgan fingerprint density at radius 3 is 1.81 bits per heavy atom. The van der Waals surface area contributed by atoms with Crippen LogP contribution in [0.3, 0.4) is 0 Å². The van der Waals surface area contributed by atoms with E-state index in [1.54, 1.807) is 0 Å². The Kier molecular flexibility index (Phi) is 5.64. The second-order valence-electron chi connectivity index (χ2n) is 8.48. The third-order valence-electron chi connectivity index (χ3n) is 7.28. The average molecular weight is 859 g/mol. The summed E-state index contributed by atoms with van der Waals surface area (Å²) in [6.07, 6.45) is 0.934. The Bertz CT molecular complexity index is 1460. The van der Waals surface area contributed by atoms with Crippen molar-refractivity contribution in [1.29, 1.82) is 0 Å². The molecule has 0 fully saturated rings. The van der Waals surface area contributed by atoms with Crippen molar-refractivity contribution in [3.8, 4) is 0 Å². The molecule has 1 spiro atoms. The second kappa shape index (κ2) is 8.08. The summed E-state index contributed by atoms with van der Waals surface area (Å²) >= 11 is 0. The summed E-state index contributed by atoms with van der Waals surface area (Å²) in [4.78, 5) is 0. The topological polar surface area (TPSA) is 14.1 Å². The van der Waals surface area contributed by atoms with Gasteiger partial charge in [-0.1, -0.05) is 96.6 Å². The Morgan fingerprint density at radius 1 is 0.594 bits per heavy atom. The van der Waals surface area contributed by atoms with Crippen molar-refractivity contribution in [2.75, 3.05) is 7.05 Å². The van der Waals surface area contributed by atoms with Crippen LogP contribution in [0.4, 0.5) is 5.69 Å². The molecule has 2 aliphatic carbocycles. The Morgan fingerprint density at radius 2 is 1.16 bits per heavy atom. The van der Waals surface area contributed by atoms with Gasteiger partial charge in [-0.05, 0) is 55.8 Å². The molecule has 0 heterocycles. The van der Waals surface area contributed by atoms with Crippen molar-refractivity contribution < 1.29 is 62.2 Å². The first-order chi connectivity index (χ1) is 14.8. The van der Waals surface area contributed by atoms with Crippen LogP contribution >= 0.6 is 0 Å². The van der Waals surface area contributed by atoms with Crippen LogP contribution < -0.4 is 0 Å². The molecule has 150 valence electrons. The molecule has 0 unspecified atom stereocenters. The monoisotopic (exact) mass is 858 g/mol. The first kappa shape index (κ1) is 22.3. The van der Waals surface area contributed by atoms with E-state index >= 15 is 0 Å². The average Bonchev–Trinajstić information content (AvgIpc) is 3.10. The number of nitrogens with zero attached hydrogens (tertiary/aromatic N) is 1. The molecule has 3 heteroatoms. The minimum absolute atomic E-state index is 0. The van der Waals surface area contributed by atoms with Crippen molar-refractivity contribution in [3.05, 3.63) is 130 Å². The fraction of sp³-hybridized carbons (Fsp3) is 0.103. The minimum Gasteiger partial charge on any atom is -0.687 e. The van der Waals surface area contributed by atoms with Gasteiger partial charge in [0.15, 0.2) is 0 Å². The first-order valence-corrected chi connectivity index (χ1v) is 10.6. The van der Waals surface area contributed by atoms with Crippen LogP contribution in [0.25, 0.3) is 26.9 Å². The summed E-state index contributed by atoms with van der Waals surface area (Å²) in [5.41, 5.74) is 9.22. The summed E-state index contributed by atoms with van der Waals surface area (Å²) in [5.74, 6) is 0. The maximum atomic E-state index is 4.66. The molecule has 1 nitrogen and oxygen atoms in total. The van der Waals surface area contributed by atoms with Crippen LogP contribution in [0.1, 0.15) is 33.4 Å². The smallest absolute Gasteiger partial charge is 0.0719 e. The van der Waals surface area contributed by atoms with Gasteiger partial charge in [0.25, 0.3) is 0 Å². The molecule has 32 heavy (non-hydrogen) atoms. The number of fused-ring (bicyclic) bond motifs is 6. The molecular formula is C29H20NU2-. The minimum atomic E-state index is -0.284. The van der Waals surface area contributed by atoms with E-state index in [4.69, 9.17) is 0 Å². The first-order valence-electron chi connectivity index (χ1n) is 10.6. The fourth-order valence-electron chi connectivity index (χ4n) is 6.20. The number of hydrogen-bond acceptors (Lipinski definition) is 0.